The van der Waals surface area contributed by atoms with Gasteiger partial charge < -0.3 is 30.6 Å². The number of pyridine rings is 1. The quantitative estimate of drug-likeness (QED) is 0.315. The van der Waals surface area contributed by atoms with Crippen LogP contribution in [0.3, 0.4) is 0 Å². The van der Waals surface area contributed by atoms with Crippen molar-refractivity contribution in [1.29, 1.82) is 0 Å². The van der Waals surface area contributed by atoms with Crippen molar-refractivity contribution in [3.63, 3.8) is 0 Å². The lowest BCUT2D eigenvalue weighted by Crippen LogP contribution is -2.63. The molecule has 0 aromatic carbocycles. The lowest BCUT2D eigenvalue weighted by atomic mass is 9.83. The number of anilines is 1. The van der Waals surface area contributed by atoms with Crippen molar-refractivity contribution in [3.8, 4) is 0 Å². The Morgan fingerprint density at radius 1 is 0.968 bits per heavy atom. The zero-order valence-corrected chi connectivity index (χ0v) is 17.0. The predicted octanol–water partition coefficient (Wildman–Crippen LogP) is 0.957. The second-order valence-electron chi connectivity index (χ2n) is 6.33. The van der Waals surface area contributed by atoms with Crippen molar-refractivity contribution in [2.45, 2.75) is 12.5 Å². The first-order valence-electron chi connectivity index (χ1n) is 8.97. The molecule has 3 heterocycles. The third-order valence-electron chi connectivity index (χ3n) is 4.20. The van der Waals surface area contributed by atoms with E-state index in [1.165, 1.54) is 25.2 Å². The summed E-state index contributed by atoms with van der Waals surface area (Å²) in [5.41, 5.74) is 1.20. The van der Waals surface area contributed by atoms with Crippen LogP contribution in [-0.4, -0.2) is 75.0 Å². The average molecular weight is 456 g/mol. The van der Waals surface area contributed by atoms with Gasteiger partial charge in [-0.05, 0) is 31.0 Å². The Labute approximate surface area is 182 Å². The molecule has 2 atom stereocenters. The Morgan fingerprint density at radius 2 is 1.48 bits per heavy atom. The molecular weight excluding hydrogens is 434 g/mol. The van der Waals surface area contributed by atoms with Gasteiger partial charge in [0.2, 0.25) is 0 Å². The van der Waals surface area contributed by atoms with E-state index in [-0.39, 0.29) is 0 Å². The molecule has 11 nitrogen and oxygen atoms in total. The Balaban J connectivity index is 0.000000259. The predicted molar refractivity (Wildman–Crippen MR) is 110 cm³/mol. The number of hydrogen-bond acceptors (Lipinski definition) is 7. The highest BCUT2D eigenvalue weighted by Crippen LogP contribution is 2.34. The van der Waals surface area contributed by atoms with Gasteiger partial charge in [-0.25, -0.2) is 24.2 Å². The smallest absolute Gasteiger partial charge is 0.328 e. The van der Waals surface area contributed by atoms with Crippen LogP contribution in [0.25, 0.3) is 0 Å². The Hall–Kier alpha value is -3.44. The summed E-state index contributed by atoms with van der Waals surface area (Å²) in [4.78, 5) is 44.8. The largest absolute Gasteiger partial charge is 0.478 e. The van der Waals surface area contributed by atoms with Gasteiger partial charge in [0.25, 0.3) is 0 Å². The molecule has 12 heteroatoms. The first-order chi connectivity index (χ1) is 14.6. The highest BCUT2D eigenvalue weighted by atomic mass is 35.5. The van der Waals surface area contributed by atoms with Crippen LogP contribution in [0.1, 0.15) is 6.42 Å². The molecule has 0 bridgehead atoms. The van der Waals surface area contributed by atoms with Crippen molar-refractivity contribution >= 4 is 41.2 Å². The molecule has 1 aromatic rings. The summed E-state index contributed by atoms with van der Waals surface area (Å²) >= 11 is 5.77. The molecule has 31 heavy (non-hydrogen) atoms. The van der Waals surface area contributed by atoms with E-state index in [2.05, 4.69) is 21.3 Å². The Bertz CT molecular complexity index is 775. The van der Waals surface area contributed by atoms with Crippen LogP contribution in [0, 0.1) is 5.92 Å². The molecule has 2 aliphatic heterocycles. The minimum absolute atomic E-state index is 0.558. The van der Waals surface area contributed by atoms with E-state index in [9.17, 15) is 19.2 Å². The van der Waals surface area contributed by atoms with Crippen LogP contribution in [0.15, 0.2) is 42.6 Å². The number of carboxylic acid groups (broad SMARTS) is 4. The van der Waals surface area contributed by atoms with E-state index in [4.69, 9.17) is 32.0 Å². The van der Waals surface area contributed by atoms with Gasteiger partial charge in [-0.3, -0.25) is 0 Å². The summed E-state index contributed by atoms with van der Waals surface area (Å²) in [5.74, 6) is -4.15. The normalized spacial score (nSPS) is 19.2. The third kappa shape index (κ3) is 10.2. The monoisotopic (exact) mass is 455 g/mol. The maximum atomic E-state index is 9.55. The SMILES string of the molecule is Clc1ccc(N2C[C@H]3CCNC[C@H]32)cn1.O=C(O)/C=C/C(=O)O.O=C(O)/C=C/C(=O)O. The van der Waals surface area contributed by atoms with Gasteiger partial charge in [-0.15, -0.1) is 0 Å². The van der Waals surface area contributed by atoms with Gasteiger partial charge in [-0.1, -0.05) is 11.6 Å². The maximum absolute atomic E-state index is 9.55. The zero-order valence-electron chi connectivity index (χ0n) is 16.2. The molecule has 2 saturated heterocycles. The molecule has 0 radical (unpaired) electrons. The van der Waals surface area contributed by atoms with Crippen molar-refractivity contribution in [2.75, 3.05) is 24.5 Å². The van der Waals surface area contributed by atoms with Gasteiger partial charge in [0.05, 0.1) is 11.9 Å². The van der Waals surface area contributed by atoms with E-state index in [0.29, 0.717) is 35.5 Å². The molecule has 2 aliphatic rings. The van der Waals surface area contributed by atoms with E-state index in [1.807, 2.05) is 12.3 Å². The topological polar surface area (TPSA) is 177 Å². The number of hydrogen-bond donors (Lipinski definition) is 5. The molecule has 0 spiro atoms. The summed E-state index contributed by atoms with van der Waals surface area (Å²) in [7, 11) is 0. The number of aliphatic carboxylic acids is 4. The van der Waals surface area contributed by atoms with Crippen molar-refractivity contribution < 1.29 is 39.6 Å². The van der Waals surface area contributed by atoms with Crippen LogP contribution in [-0.2, 0) is 19.2 Å². The molecule has 5 N–H and O–H groups in total. The number of rotatable bonds is 5. The van der Waals surface area contributed by atoms with Crippen LogP contribution in [0.5, 0.6) is 0 Å². The molecule has 3 rings (SSSR count). The molecule has 0 amide bonds. The molecule has 2 fully saturated rings. The number of carbonyl (C=O) groups is 4. The molecular formula is C19H22ClN3O8. The number of piperidine rings is 1. The summed E-state index contributed by atoms with van der Waals surface area (Å²) in [6.45, 7) is 3.46. The van der Waals surface area contributed by atoms with Crippen LogP contribution in [0.4, 0.5) is 5.69 Å². The lowest BCUT2D eigenvalue weighted by molar-refractivity contribution is -0.134. The standard InChI is InChI=1S/C11H14ClN3.2C4H4O4/c12-11-2-1-9(5-14-11)15-7-8-3-4-13-6-10(8)15;2*5-3(6)1-2-4(7)8/h1-2,5,8,10,13H,3-4,6-7H2;2*1-2H,(H,5,6)(H,7,8)/b;2*2-1+/t8-,10-;;/m1../s1. The Morgan fingerprint density at radius 3 is 1.87 bits per heavy atom. The summed E-state index contributed by atoms with van der Waals surface area (Å²) in [6.07, 6.45) is 5.41. The van der Waals surface area contributed by atoms with Crippen LogP contribution < -0.4 is 10.2 Å². The van der Waals surface area contributed by atoms with Gasteiger partial charge in [0.15, 0.2) is 0 Å². The van der Waals surface area contributed by atoms with E-state index < -0.39 is 23.9 Å². The second kappa shape index (κ2) is 13.0. The van der Waals surface area contributed by atoms with Crippen molar-refractivity contribution in [1.82, 2.24) is 10.3 Å². The van der Waals surface area contributed by atoms with E-state index in [0.717, 1.165) is 12.5 Å². The fourth-order valence-electron chi connectivity index (χ4n) is 2.84. The molecule has 0 saturated carbocycles. The van der Waals surface area contributed by atoms with Gasteiger partial charge in [0.1, 0.15) is 5.15 Å². The fraction of sp³-hybridized carbons (Fsp3) is 0.316. The Kier molecular flexibility index (Phi) is 10.7. The third-order valence-corrected chi connectivity index (χ3v) is 4.43. The van der Waals surface area contributed by atoms with Gasteiger partial charge in [0, 0.05) is 43.4 Å². The zero-order chi connectivity index (χ0) is 23.4. The van der Waals surface area contributed by atoms with Crippen molar-refractivity contribution in [3.05, 3.63) is 47.8 Å². The van der Waals surface area contributed by atoms with Gasteiger partial charge in [-0.2, -0.15) is 0 Å². The summed E-state index contributed by atoms with van der Waals surface area (Å²) < 4.78 is 0. The lowest BCUT2D eigenvalue weighted by Gasteiger charge is -2.52. The average Bonchev–Trinajstić information content (AvgIpc) is 2.68. The fourth-order valence-corrected chi connectivity index (χ4v) is 2.96. The first kappa shape index (κ1) is 25.6. The first-order valence-corrected chi connectivity index (χ1v) is 9.34. The molecule has 168 valence electrons. The van der Waals surface area contributed by atoms with E-state index >= 15 is 0 Å². The number of halogens is 1. The summed E-state index contributed by atoms with van der Waals surface area (Å²) in [5, 5.41) is 35.3. The number of aromatic nitrogens is 1. The maximum Gasteiger partial charge on any atom is 0.328 e. The number of carboxylic acids is 4. The highest BCUT2D eigenvalue weighted by Gasteiger charge is 2.40. The van der Waals surface area contributed by atoms with Crippen LogP contribution >= 0.6 is 11.6 Å². The molecule has 1 aromatic heterocycles. The minimum Gasteiger partial charge on any atom is -0.478 e. The molecule has 0 unspecified atom stereocenters. The second-order valence-corrected chi connectivity index (χ2v) is 6.72. The highest BCUT2D eigenvalue weighted by molar-refractivity contribution is 6.29. The van der Waals surface area contributed by atoms with E-state index in [1.54, 1.807) is 0 Å². The minimum atomic E-state index is -1.26. The van der Waals surface area contributed by atoms with Crippen molar-refractivity contribution in [2.24, 2.45) is 5.92 Å². The van der Waals surface area contributed by atoms with Gasteiger partial charge >= 0.3 is 23.9 Å². The number of fused-ring (bicyclic) bond motifs is 1. The van der Waals surface area contributed by atoms with Crippen LogP contribution in [0.2, 0.25) is 5.15 Å². The number of nitrogens with one attached hydrogen (secondary N) is 1. The summed E-state index contributed by atoms with van der Waals surface area (Å²) in [6, 6.07) is 4.59. The molecule has 0 aliphatic carbocycles. The number of nitrogens with zero attached hydrogens (tertiary/aromatic N) is 2.